The van der Waals surface area contributed by atoms with Crippen LogP contribution in [-0.2, 0) is 14.2 Å². The third kappa shape index (κ3) is 5.03. The quantitative estimate of drug-likeness (QED) is 0.260. The van der Waals surface area contributed by atoms with Gasteiger partial charge in [-0.3, -0.25) is 14.5 Å². The molecule has 2 aliphatic rings. The lowest BCUT2D eigenvalue weighted by Crippen LogP contribution is -2.65. The average molecular weight is 435 g/mol. The SMILES string of the molecule is C=CCOCCCCCO[C@H]1O[C@H](CO)[C@@H](O)[C@H](O)[C@@H]1N1C(=O)c2ccccc2C1=O. The molecule has 3 rings (SSSR count). The van der Waals surface area contributed by atoms with E-state index in [4.69, 9.17) is 14.2 Å². The van der Waals surface area contributed by atoms with E-state index in [9.17, 15) is 24.9 Å². The first-order valence-corrected chi connectivity index (χ1v) is 10.4. The largest absolute Gasteiger partial charge is 0.394 e. The Morgan fingerprint density at radius 1 is 1.03 bits per heavy atom. The fraction of sp³-hybridized carbons (Fsp3) is 0.545. The van der Waals surface area contributed by atoms with Gasteiger partial charge in [-0.05, 0) is 31.4 Å². The van der Waals surface area contributed by atoms with Gasteiger partial charge in [-0.25, -0.2) is 0 Å². The number of benzene rings is 1. The monoisotopic (exact) mass is 435 g/mol. The van der Waals surface area contributed by atoms with Gasteiger partial charge in [0, 0.05) is 13.2 Å². The number of fused-ring (bicyclic) bond motifs is 1. The Morgan fingerprint density at radius 3 is 2.29 bits per heavy atom. The van der Waals surface area contributed by atoms with Crippen LogP contribution in [0.2, 0.25) is 0 Å². The molecule has 170 valence electrons. The smallest absolute Gasteiger partial charge is 0.262 e. The van der Waals surface area contributed by atoms with E-state index in [1.807, 2.05) is 0 Å². The van der Waals surface area contributed by atoms with Crippen molar-refractivity contribution in [2.24, 2.45) is 0 Å². The Bertz CT molecular complexity index is 750. The molecule has 2 amide bonds. The number of amides is 2. The molecule has 1 fully saturated rings. The molecule has 5 atom stereocenters. The maximum Gasteiger partial charge on any atom is 0.262 e. The van der Waals surface area contributed by atoms with E-state index in [2.05, 4.69) is 6.58 Å². The molecule has 0 bridgehead atoms. The molecule has 0 radical (unpaired) electrons. The predicted octanol–water partition coefficient (Wildman–Crippen LogP) is 0.480. The van der Waals surface area contributed by atoms with Gasteiger partial charge in [-0.2, -0.15) is 0 Å². The minimum atomic E-state index is -1.54. The highest BCUT2D eigenvalue weighted by Crippen LogP contribution is 2.32. The van der Waals surface area contributed by atoms with Crippen molar-refractivity contribution in [1.29, 1.82) is 0 Å². The molecule has 3 N–H and O–H groups in total. The lowest BCUT2D eigenvalue weighted by Gasteiger charge is -2.44. The van der Waals surface area contributed by atoms with Crippen LogP contribution >= 0.6 is 0 Å². The number of nitrogens with zero attached hydrogens (tertiary/aromatic N) is 1. The number of carbonyl (C=O) groups is 2. The molecule has 31 heavy (non-hydrogen) atoms. The minimum absolute atomic E-state index is 0.219. The van der Waals surface area contributed by atoms with Crippen molar-refractivity contribution >= 4 is 11.8 Å². The van der Waals surface area contributed by atoms with Crippen molar-refractivity contribution in [3.63, 3.8) is 0 Å². The molecular formula is C22H29NO8. The summed E-state index contributed by atoms with van der Waals surface area (Å²) in [6, 6.07) is 5.10. The van der Waals surface area contributed by atoms with Crippen LogP contribution in [0.25, 0.3) is 0 Å². The molecule has 0 aromatic heterocycles. The van der Waals surface area contributed by atoms with Crippen LogP contribution in [0.4, 0.5) is 0 Å². The van der Waals surface area contributed by atoms with Crippen LogP contribution in [0.3, 0.4) is 0 Å². The van der Waals surface area contributed by atoms with Gasteiger partial charge in [0.05, 0.1) is 24.3 Å². The Hall–Kier alpha value is -2.14. The number of hydrogen-bond donors (Lipinski definition) is 3. The number of aliphatic hydroxyl groups excluding tert-OH is 3. The number of aliphatic hydroxyl groups is 3. The number of carbonyl (C=O) groups excluding carboxylic acids is 2. The van der Waals surface area contributed by atoms with Gasteiger partial charge in [0.15, 0.2) is 6.29 Å². The molecule has 2 aliphatic heterocycles. The van der Waals surface area contributed by atoms with E-state index < -0.39 is 49.1 Å². The van der Waals surface area contributed by atoms with Gasteiger partial charge < -0.3 is 29.5 Å². The lowest BCUT2D eigenvalue weighted by atomic mass is 9.95. The summed E-state index contributed by atoms with van der Waals surface area (Å²) >= 11 is 0. The zero-order valence-corrected chi connectivity index (χ0v) is 17.3. The summed E-state index contributed by atoms with van der Waals surface area (Å²) in [7, 11) is 0. The Morgan fingerprint density at radius 2 is 1.68 bits per heavy atom. The number of unbranched alkanes of at least 4 members (excludes halogenated alkanes) is 2. The summed E-state index contributed by atoms with van der Waals surface area (Å²) < 4.78 is 16.7. The first-order valence-electron chi connectivity index (χ1n) is 10.4. The van der Waals surface area contributed by atoms with Crippen LogP contribution in [-0.4, -0.2) is 89.1 Å². The van der Waals surface area contributed by atoms with Gasteiger partial charge in [-0.1, -0.05) is 18.2 Å². The number of hydrogen-bond acceptors (Lipinski definition) is 8. The molecular weight excluding hydrogens is 406 g/mol. The van der Waals surface area contributed by atoms with E-state index in [0.717, 1.165) is 17.7 Å². The fourth-order valence-electron chi connectivity index (χ4n) is 3.81. The molecule has 0 saturated carbocycles. The molecule has 1 aromatic rings. The van der Waals surface area contributed by atoms with E-state index >= 15 is 0 Å². The standard InChI is InChI=1S/C22H29NO8/c1-2-10-29-11-6-3-7-12-30-22-17(19(26)18(25)16(13-24)31-22)23-20(27)14-8-4-5-9-15(14)21(23)28/h2,4-5,8-9,16-19,22,24-26H,1,3,6-7,10-13H2/t16-,17+,18-,19-,22+/m1/s1. The van der Waals surface area contributed by atoms with Crippen molar-refractivity contribution in [3.8, 4) is 0 Å². The topological polar surface area (TPSA) is 126 Å². The number of ether oxygens (including phenoxy) is 3. The van der Waals surface area contributed by atoms with Gasteiger partial charge in [0.2, 0.25) is 0 Å². The summed E-state index contributed by atoms with van der Waals surface area (Å²) in [6.07, 6.45) is -1.32. The van der Waals surface area contributed by atoms with Crippen LogP contribution in [0.1, 0.15) is 40.0 Å². The minimum Gasteiger partial charge on any atom is -0.394 e. The van der Waals surface area contributed by atoms with Gasteiger partial charge >= 0.3 is 0 Å². The van der Waals surface area contributed by atoms with Gasteiger partial charge in [0.25, 0.3) is 11.8 Å². The highest BCUT2D eigenvalue weighted by molar-refractivity contribution is 6.21. The van der Waals surface area contributed by atoms with Crippen molar-refractivity contribution in [2.75, 3.05) is 26.4 Å². The first-order chi connectivity index (χ1) is 15.0. The zero-order valence-electron chi connectivity index (χ0n) is 17.3. The lowest BCUT2D eigenvalue weighted by molar-refractivity contribution is -0.279. The molecule has 2 heterocycles. The van der Waals surface area contributed by atoms with E-state index in [-0.39, 0.29) is 17.7 Å². The first kappa shape index (κ1) is 23.5. The van der Waals surface area contributed by atoms with Gasteiger partial charge in [0.1, 0.15) is 24.4 Å². The zero-order chi connectivity index (χ0) is 22.4. The molecule has 9 heteroatoms. The molecule has 0 aliphatic carbocycles. The summed E-state index contributed by atoms with van der Waals surface area (Å²) in [5, 5.41) is 30.5. The normalized spacial score (nSPS) is 28.1. The number of rotatable bonds is 11. The summed E-state index contributed by atoms with van der Waals surface area (Å²) in [6.45, 7) is 4.37. The third-order valence-electron chi connectivity index (χ3n) is 5.42. The third-order valence-corrected chi connectivity index (χ3v) is 5.42. The summed E-state index contributed by atoms with van der Waals surface area (Å²) in [5.74, 6) is -1.17. The Kier molecular flexibility index (Phi) is 8.30. The predicted molar refractivity (Wildman–Crippen MR) is 109 cm³/mol. The summed E-state index contributed by atoms with van der Waals surface area (Å²) in [4.78, 5) is 26.7. The Labute approximate surface area is 180 Å². The van der Waals surface area contributed by atoms with Crippen LogP contribution in [0.15, 0.2) is 36.9 Å². The van der Waals surface area contributed by atoms with E-state index in [0.29, 0.717) is 19.6 Å². The molecule has 9 nitrogen and oxygen atoms in total. The maximum absolute atomic E-state index is 12.9. The van der Waals surface area contributed by atoms with Crippen molar-refractivity contribution in [3.05, 3.63) is 48.0 Å². The summed E-state index contributed by atoms with van der Waals surface area (Å²) in [5.41, 5.74) is 0.438. The van der Waals surface area contributed by atoms with Crippen LogP contribution in [0, 0.1) is 0 Å². The Balaban J connectivity index is 1.68. The molecule has 0 spiro atoms. The second-order valence-corrected chi connectivity index (χ2v) is 7.52. The average Bonchev–Trinajstić information content (AvgIpc) is 3.03. The van der Waals surface area contributed by atoms with Crippen molar-refractivity contribution in [2.45, 2.75) is 49.9 Å². The van der Waals surface area contributed by atoms with Crippen LogP contribution in [0.5, 0.6) is 0 Å². The fourth-order valence-corrected chi connectivity index (χ4v) is 3.81. The maximum atomic E-state index is 12.9. The van der Waals surface area contributed by atoms with Gasteiger partial charge in [-0.15, -0.1) is 6.58 Å². The van der Waals surface area contributed by atoms with E-state index in [1.165, 1.54) is 12.1 Å². The van der Waals surface area contributed by atoms with Crippen molar-refractivity contribution in [1.82, 2.24) is 4.90 Å². The molecule has 1 saturated heterocycles. The van der Waals surface area contributed by atoms with Crippen molar-refractivity contribution < 1.29 is 39.1 Å². The second-order valence-electron chi connectivity index (χ2n) is 7.52. The highest BCUT2D eigenvalue weighted by Gasteiger charge is 2.53. The molecule has 0 unspecified atom stereocenters. The molecule has 1 aromatic carbocycles. The second kappa shape index (κ2) is 10.9. The van der Waals surface area contributed by atoms with Crippen LogP contribution < -0.4 is 0 Å². The highest BCUT2D eigenvalue weighted by atomic mass is 16.7. The van der Waals surface area contributed by atoms with E-state index in [1.54, 1.807) is 18.2 Å². The number of imide groups is 1.